The Morgan fingerprint density at radius 2 is 1.88 bits per heavy atom. The van der Waals surface area contributed by atoms with Crippen molar-refractivity contribution >= 4 is 28.4 Å². The third-order valence-corrected chi connectivity index (χ3v) is 4.59. The number of fused-ring (bicyclic) bond motifs is 1. The molecular formula is C20H20N4O2. The van der Waals surface area contributed by atoms with E-state index in [0.717, 1.165) is 36.4 Å². The van der Waals surface area contributed by atoms with Gasteiger partial charge in [-0.1, -0.05) is 18.2 Å². The quantitative estimate of drug-likeness (QED) is 0.732. The number of nitrogens with one attached hydrogen (secondary N) is 1. The summed E-state index contributed by atoms with van der Waals surface area (Å²) in [6.07, 6.45) is 2.45. The van der Waals surface area contributed by atoms with Crippen LogP contribution >= 0.6 is 0 Å². The molecule has 2 aromatic carbocycles. The molecule has 1 aliphatic heterocycles. The van der Waals surface area contributed by atoms with E-state index in [2.05, 4.69) is 10.2 Å². The van der Waals surface area contributed by atoms with Crippen molar-refractivity contribution in [1.29, 1.82) is 0 Å². The van der Waals surface area contributed by atoms with Crippen LogP contribution in [0.4, 0.5) is 11.5 Å². The van der Waals surface area contributed by atoms with Gasteiger partial charge in [-0.15, -0.1) is 0 Å². The summed E-state index contributed by atoms with van der Waals surface area (Å²) in [6, 6.07) is 14.6. The van der Waals surface area contributed by atoms with Crippen LogP contribution in [0.2, 0.25) is 0 Å². The molecule has 26 heavy (non-hydrogen) atoms. The first-order chi connectivity index (χ1) is 12.7. The number of benzene rings is 2. The van der Waals surface area contributed by atoms with Crippen molar-refractivity contribution in [2.24, 2.45) is 0 Å². The molecule has 6 nitrogen and oxygen atoms in total. The minimum atomic E-state index is -0.948. The molecule has 0 saturated carbocycles. The smallest absolute Gasteiger partial charge is 0.335 e. The predicted molar refractivity (Wildman–Crippen MR) is 101 cm³/mol. The number of carbonyl (C=O) groups is 1. The van der Waals surface area contributed by atoms with Crippen molar-refractivity contribution in [1.82, 2.24) is 14.9 Å². The van der Waals surface area contributed by atoms with E-state index in [1.807, 2.05) is 30.3 Å². The first kappa shape index (κ1) is 16.5. The van der Waals surface area contributed by atoms with E-state index in [0.29, 0.717) is 11.5 Å². The van der Waals surface area contributed by atoms with Gasteiger partial charge < -0.3 is 10.4 Å². The van der Waals surface area contributed by atoms with Crippen LogP contribution in [0.5, 0.6) is 0 Å². The number of nitrogens with zero attached hydrogens (tertiary/aromatic N) is 3. The highest BCUT2D eigenvalue weighted by Gasteiger charge is 2.15. The standard InChI is InChI=1S/C20H20N4O2/c25-20(26)14-6-5-7-15(12-14)21-19-16-8-1-2-9-17(16)22-18(23-19)13-24-10-3-4-11-24/h1-2,5-9,12H,3-4,10-11,13H2,(H,25,26)(H,21,22,23). The molecule has 0 aliphatic carbocycles. The highest BCUT2D eigenvalue weighted by Crippen LogP contribution is 2.25. The van der Waals surface area contributed by atoms with Gasteiger partial charge in [0.05, 0.1) is 17.6 Å². The summed E-state index contributed by atoms with van der Waals surface area (Å²) in [5.74, 6) is 0.533. The number of aromatic carboxylic acids is 1. The number of anilines is 2. The van der Waals surface area contributed by atoms with Crippen LogP contribution in [-0.2, 0) is 6.54 Å². The number of likely N-dealkylation sites (tertiary alicyclic amines) is 1. The summed E-state index contributed by atoms with van der Waals surface area (Å²) in [7, 11) is 0. The lowest BCUT2D eigenvalue weighted by molar-refractivity contribution is 0.0697. The Morgan fingerprint density at radius 1 is 1.08 bits per heavy atom. The molecule has 1 aliphatic rings. The van der Waals surface area contributed by atoms with Gasteiger partial charge in [0, 0.05) is 11.1 Å². The van der Waals surface area contributed by atoms with E-state index in [9.17, 15) is 9.90 Å². The Morgan fingerprint density at radius 3 is 2.69 bits per heavy atom. The number of carboxylic acid groups (broad SMARTS) is 1. The van der Waals surface area contributed by atoms with Crippen molar-refractivity contribution < 1.29 is 9.90 Å². The summed E-state index contributed by atoms with van der Waals surface area (Å²) in [5.41, 5.74) is 1.82. The molecule has 1 fully saturated rings. The summed E-state index contributed by atoms with van der Waals surface area (Å²) >= 11 is 0. The van der Waals surface area contributed by atoms with Gasteiger partial charge in [-0.2, -0.15) is 0 Å². The average molecular weight is 348 g/mol. The fourth-order valence-corrected chi connectivity index (χ4v) is 3.30. The molecule has 0 amide bonds. The van der Waals surface area contributed by atoms with Crippen LogP contribution in [0.1, 0.15) is 29.0 Å². The van der Waals surface area contributed by atoms with E-state index in [1.54, 1.807) is 18.2 Å². The van der Waals surface area contributed by atoms with Crippen LogP contribution in [0, 0.1) is 0 Å². The largest absolute Gasteiger partial charge is 0.478 e. The minimum Gasteiger partial charge on any atom is -0.478 e. The lowest BCUT2D eigenvalue weighted by Gasteiger charge is -2.15. The first-order valence-electron chi connectivity index (χ1n) is 8.77. The fourth-order valence-electron chi connectivity index (χ4n) is 3.30. The van der Waals surface area contributed by atoms with Gasteiger partial charge in [-0.3, -0.25) is 4.90 Å². The molecule has 1 aromatic heterocycles. The van der Waals surface area contributed by atoms with Gasteiger partial charge in [0.25, 0.3) is 0 Å². The molecule has 0 unspecified atom stereocenters. The van der Waals surface area contributed by atoms with E-state index in [1.165, 1.54) is 12.8 Å². The molecule has 1 saturated heterocycles. The number of aromatic nitrogens is 2. The second kappa shape index (κ2) is 7.09. The maximum absolute atomic E-state index is 11.2. The van der Waals surface area contributed by atoms with E-state index in [4.69, 9.17) is 9.97 Å². The van der Waals surface area contributed by atoms with Crippen LogP contribution in [0.25, 0.3) is 10.9 Å². The summed E-state index contributed by atoms with van der Waals surface area (Å²) in [5, 5.41) is 13.4. The van der Waals surface area contributed by atoms with Gasteiger partial charge in [-0.05, 0) is 56.3 Å². The SMILES string of the molecule is O=C(O)c1cccc(Nc2nc(CN3CCCC3)nc3ccccc23)c1. The molecule has 0 atom stereocenters. The Bertz CT molecular complexity index is 951. The van der Waals surface area contributed by atoms with Crippen LogP contribution < -0.4 is 5.32 Å². The Hall–Kier alpha value is -2.99. The summed E-state index contributed by atoms with van der Waals surface area (Å²) < 4.78 is 0. The number of carboxylic acids is 1. The maximum atomic E-state index is 11.2. The summed E-state index contributed by atoms with van der Waals surface area (Å²) in [6.45, 7) is 2.90. The zero-order valence-corrected chi connectivity index (χ0v) is 14.4. The van der Waals surface area contributed by atoms with Crippen LogP contribution in [-0.4, -0.2) is 39.0 Å². The molecule has 3 aromatic rings. The van der Waals surface area contributed by atoms with Crippen molar-refractivity contribution in [3.63, 3.8) is 0 Å². The van der Waals surface area contributed by atoms with E-state index < -0.39 is 5.97 Å². The van der Waals surface area contributed by atoms with Crippen molar-refractivity contribution in [2.75, 3.05) is 18.4 Å². The second-order valence-electron chi connectivity index (χ2n) is 6.50. The first-order valence-corrected chi connectivity index (χ1v) is 8.77. The lowest BCUT2D eigenvalue weighted by atomic mass is 10.2. The highest BCUT2D eigenvalue weighted by atomic mass is 16.4. The van der Waals surface area contributed by atoms with Gasteiger partial charge in [0.1, 0.15) is 11.6 Å². The fraction of sp³-hybridized carbons (Fsp3) is 0.250. The van der Waals surface area contributed by atoms with Crippen molar-refractivity contribution in [3.8, 4) is 0 Å². The highest BCUT2D eigenvalue weighted by molar-refractivity contribution is 5.92. The van der Waals surface area contributed by atoms with Crippen LogP contribution in [0.3, 0.4) is 0 Å². The number of rotatable bonds is 5. The zero-order valence-electron chi connectivity index (χ0n) is 14.4. The Labute approximate surface area is 151 Å². The molecule has 0 bridgehead atoms. The molecular weight excluding hydrogens is 328 g/mol. The molecule has 2 N–H and O–H groups in total. The number of hydrogen-bond donors (Lipinski definition) is 2. The normalized spacial score (nSPS) is 14.6. The molecule has 6 heteroatoms. The van der Waals surface area contributed by atoms with Gasteiger partial charge in [-0.25, -0.2) is 14.8 Å². The number of hydrogen-bond acceptors (Lipinski definition) is 5. The third-order valence-electron chi connectivity index (χ3n) is 4.59. The van der Waals surface area contributed by atoms with E-state index >= 15 is 0 Å². The topological polar surface area (TPSA) is 78.3 Å². The van der Waals surface area contributed by atoms with Crippen molar-refractivity contribution in [3.05, 3.63) is 59.9 Å². The average Bonchev–Trinajstić information content (AvgIpc) is 3.15. The summed E-state index contributed by atoms with van der Waals surface area (Å²) in [4.78, 5) is 23.0. The van der Waals surface area contributed by atoms with Crippen molar-refractivity contribution in [2.45, 2.75) is 19.4 Å². The zero-order chi connectivity index (χ0) is 17.9. The maximum Gasteiger partial charge on any atom is 0.335 e. The van der Waals surface area contributed by atoms with Gasteiger partial charge in [0.2, 0.25) is 0 Å². The Balaban J connectivity index is 1.70. The third kappa shape index (κ3) is 3.50. The van der Waals surface area contributed by atoms with Gasteiger partial charge in [0.15, 0.2) is 0 Å². The van der Waals surface area contributed by atoms with Gasteiger partial charge >= 0.3 is 5.97 Å². The monoisotopic (exact) mass is 348 g/mol. The molecule has 132 valence electrons. The predicted octanol–water partition coefficient (Wildman–Crippen LogP) is 3.67. The number of para-hydroxylation sites is 1. The van der Waals surface area contributed by atoms with Crippen LogP contribution in [0.15, 0.2) is 48.5 Å². The minimum absolute atomic E-state index is 0.241. The molecule has 2 heterocycles. The van der Waals surface area contributed by atoms with E-state index in [-0.39, 0.29) is 5.56 Å². The molecule has 4 rings (SSSR count). The molecule has 0 spiro atoms. The lowest BCUT2D eigenvalue weighted by Crippen LogP contribution is -2.20. The second-order valence-corrected chi connectivity index (χ2v) is 6.50. The molecule has 0 radical (unpaired) electrons. The Kier molecular flexibility index (Phi) is 4.50.